The van der Waals surface area contributed by atoms with Crippen molar-refractivity contribution in [2.75, 3.05) is 4.90 Å². The normalized spacial score (nSPS) is 16.7. The van der Waals surface area contributed by atoms with Crippen molar-refractivity contribution in [3.05, 3.63) is 139 Å². The van der Waals surface area contributed by atoms with Crippen LogP contribution in [-0.4, -0.2) is 5.91 Å². The quantitative estimate of drug-likeness (QED) is 0.275. The fourth-order valence-corrected chi connectivity index (χ4v) is 5.58. The Labute approximate surface area is 213 Å². The van der Waals surface area contributed by atoms with Crippen LogP contribution in [0.2, 0.25) is 15.1 Å². The van der Waals surface area contributed by atoms with Gasteiger partial charge in [0.1, 0.15) is 0 Å². The van der Waals surface area contributed by atoms with Gasteiger partial charge in [0, 0.05) is 26.3 Å². The first-order valence-electron chi connectivity index (χ1n) is 11.0. The van der Waals surface area contributed by atoms with Gasteiger partial charge in [0.15, 0.2) is 0 Å². The molecular weight excluding hydrogens is 485 g/mol. The third-order valence-electron chi connectivity index (χ3n) is 6.57. The summed E-state index contributed by atoms with van der Waals surface area (Å²) in [6.45, 7) is 0. The molecule has 4 aromatic rings. The summed E-state index contributed by atoms with van der Waals surface area (Å²) in [5, 5.41) is 2.02. The zero-order valence-electron chi connectivity index (χ0n) is 17.9. The van der Waals surface area contributed by atoms with Gasteiger partial charge in [-0.25, -0.2) is 0 Å². The lowest BCUT2D eigenvalue weighted by Gasteiger charge is -2.28. The van der Waals surface area contributed by atoms with Crippen LogP contribution in [0.4, 0.5) is 5.69 Å². The van der Waals surface area contributed by atoms with Crippen molar-refractivity contribution in [3.63, 3.8) is 0 Å². The fraction of sp³-hybridized carbons (Fsp3) is 0.0690. The number of halogens is 3. The molecule has 1 atom stereocenters. The predicted molar refractivity (Wildman–Crippen MR) is 140 cm³/mol. The van der Waals surface area contributed by atoms with Crippen molar-refractivity contribution in [3.8, 4) is 0 Å². The van der Waals surface area contributed by atoms with E-state index in [9.17, 15) is 4.79 Å². The zero-order chi connectivity index (χ0) is 23.4. The third-order valence-corrected chi connectivity index (χ3v) is 7.31. The van der Waals surface area contributed by atoms with E-state index in [1.807, 2.05) is 83.8 Å². The van der Waals surface area contributed by atoms with Crippen LogP contribution in [0, 0.1) is 0 Å². The maximum absolute atomic E-state index is 13.7. The number of carbonyl (C=O) groups excluding carboxylic acids is 1. The molecule has 0 spiro atoms. The molecule has 0 saturated heterocycles. The van der Waals surface area contributed by atoms with Crippen LogP contribution in [0.3, 0.4) is 0 Å². The molecule has 1 aliphatic heterocycles. The molecule has 0 bridgehead atoms. The van der Waals surface area contributed by atoms with Crippen LogP contribution in [0.1, 0.15) is 38.7 Å². The number of hydrogen-bond donors (Lipinski definition) is 0. The molecule has 34 heavy (non-hydrogen) atoms. The summed E-state index contributed by atoms with van der Waals surface area (Å²) >= 11 is 18.7. The Bertz CT molecular complexity index is 1470. The summed E-state index contributed by atoms with van der Waals surface area (Å²) in [5.74, 6) is -0.0140. The van der Waals surface area contributed by atoms with E-state index in [1.54, 1.807) is 0 Å². The van der Waals surface area contributed by atoms with Gasteiger partial charge in [0.2, 0.25) is 0 Å². The molecule has 0 N–H and O–H groups in total. The van der Waals surface area contributed by atoms with E-state index in [0.717, 1.165) is 44.7 Å². The highest BCUT2D eigenvalue weighted by Gasteiger charge is 2.42. The summed E-state index contributed by atoms with van der Waals surface area (Å²) in [5.41, 5.74) is 8.17. The van der Waals surface area contributed by atoms with Crippen LogP contribution >= 0.6 is 34.8 Å². The Hall–Kier alpha value is -3.04. The largest absolute Gasteiger partial charge is 0.297 e. The number of hydrogen-bond acceptors (Lipinski definition) is 1. The summed E-state index contributed by atoms with van der Waals surface area (Å²) in [6, 6.07) is 29.0. The Morgan fingerprint density at radius 3 is 2.09 bits per heavy atom. The Kier molecular flexibility index (Phi) is 5.26. The minimum absolute atomic E-state index is 0.0140. The number of rotatable bonds is 3. The van der Waals surface area contributed by atoms with Crippen LogP contribution < -0.4 is 4.90 Å². The first-order valence-corrected chi connectivity index (χ1v) is 12.1. The predicted octanol–water partition coefficient (Wildman–Crippen LogP) is 8.41. The van der Waals surface area contributed by atoms with E-state index in [4.69, 9.17) is 34.8 Å². The molecule has 2 aliphatic rings. The number of amides is 1. The molecule has 2 nitrogen and oxygen atoms in total. The van der Waals surface area contributed by atoms with Crippen molar-refractivity contribution < 1.29 is 4.79 Å². The topological polar surface area (TPSA) is 20.3 Å². The van der Waals surface area contributed by atoms with Gasteiger partial charge in [-0.05, 0) is 94.4 Å². The summed E-state index contributed by atoms with van der Waals surface area (Å²) < 4.78 is 0. The lowest BCUT2D eigenvalue weighted by atomic mass is 9.91. The smallest absolute Gasteiger partial charge is 0.259 e. The summed E-state index contributed by atoms with van der Waals surface area (Å²) in [4.78, 5) is 15.6. The van der Waals surface area contributed by atoms with Gasteiger partial charge in [-0.1, -0.05) is 71.2 Å². The van der Waals surface area contributed by atoms with Crippen LogP contribution in [0.15, 0.2) is 96.6 Å². The Morgan fingerprint density at radius 2 is 1.35 bits per heavy atom. The standard InChI is InChI=1S/C29H18Cl3NO/c30-19-7-5-17(6-8-19)27-23-14-11-21(32)15-18(23)16-26(27)28-24-3-1-2-4-25(24)29(34)33(28)22-12-9-20(31)10-13-22/h1-15,28H,16H2. The van der Waals surface area contributed by atoms with Gasteiger partial charge in [-0.3, -0.25) is 9.69 Å². The molecule has 0 saturated carbocycles. The highest BCUT2D eigenvalue weighted by molar-refractivity contribution is 6.31. The molecule has 6 rings (SSSR count). The Morgan fingerprint density at radius 1 is 0.706 bits per heavy atom. The van der Waals surface area contributed by atoms with E-state index < -0.39 is 0 Å². The number of anilines is 1. The lowest BCUT2D eigenvalue weighted by molar-refractivity contribution is 0.0993. The van der Waals surface area contributed by atoms with Crippen LogP contribution in [-0.2, 0) is 6.42 Å². The average molecular weight is 503 g/mol. The molecule has 0 fully saturated rings. The molecule has 1 unspecified atom stereocenters. The van der Waals surface area contributed by atoms with Gasteiger partial charge in [-0.15, -0.1) is 0 Å². The van der Waals surface area contributed by atoms with Gasteiger partial charge in [0.05, 0.1) is 6.04 Å². The van der Waals surface area contributed by atoms with Crippen LogP contribution in [0.5, 0.6) is 0 Å². The fourth-order valence-electron chi connectivity index (χ4n) is 5.14. The average Bonchev–Trinajstić information content (AvgIpc) is 3.35. The molecule has 5 heteroatoms. The molecule has 0 radical (unpaired) electrons. The van der Waals surface area contributed by atoms with Gasteiger partial charge >= 0.3 is 0 Å². The molecular formula is C29H18Cl3NO. The van der Waals surface area contributed by atoms with E-state index in [1.165, 1.54) is 0 Å². The molecule has 0 aromatic heterocycles. The second-order valence-electron chi connectivity index (χ2n) is 8.53. The molecule has 1 amide bonds. The van der Waals surface area contributed by atoms with Crippen molar-refractivity contribution in [2.45, 2.75) is 12.5 Å². The van der Waals surface area contributed by atoms with E-state index >= 15 is 0 Å². The number of carbonyl (C=O) groups is 1. The maximum atomic E-state index is 13.7. The highest BCUT2D eigenvalue weighted by Crippen LogP contribution is 2.50. The summed E-state index contributed by atoms with van der Waals surface area (Å²) in [6.07, 6.45) is 0.699. The monoisotopic (exact) mass is 501 g/mol. The zero-order valence-corrected chi connectivity index (χ0v) is 20.2. The van der Waals surface area contributed by atoms with E-state index in [-0.39, 0.29) is 11.9 Å². The Balaban J connectivity index is 1.61. The van der Waals surface area contributed by atoms with E-state index in [0.29, 0.717) is 21.5 Å². The SMILES string of the molecule is O=C1c2ccccc2C(C2=C(c3ccc(Cl)cc3)c3ccc(Cl)cc3C2)N1c1ccc(Cl)cc1. The third kappa shape index (κ3) is 3.45. The van der Waals surface area contributed by atoms with Crippen molar-refractivity contribution in [1.29, 1.82) is 0 Å². The second kappa shape index (κ2) is 8.32. The minimum Gasteiger partial charge on any atom is -0.297 e. The minimum atomic E-state index is -0.248. The first kappa shape index (κ1) is 21.5. The van der Waals surface area contributed by atoms with Crippen molar-refractivity contribution in [1.82, 2.24) is 0 Å². The maximum Gasteiger partial charge on any atom is 0.259 e. The first-order chi connectivity index (χ1) is 16.5. The lowest BCUT2D eigenvalue weighted by Crippen LogP contribution is -2.29. The van der Waals surface area contributed by atoms with Crippen LogP contribution in [0.25, 0.3) is 5.57 Å². The summed E-state index contributed by atoms with van der Waals surface area (Å²) in [7, 11) is 0. The molecule has 1 heterocycles. The molecule has 166 valence electrons. The number of nitrogens with zero attached hydrogens (tertiary/aromatic N) is 1. The van der Waals surface area contributed by atoms with Crippen molar-refractivity contribution in [2.24, 2.45) is 0 Å². The van der Waals surface area contributed by atoms with E-state index in [2.05, 4.69) is 12.1 Å². The van der Waals surface area contributed by atoms with Gasteiger partial charge < -0.3 is 0 Å². The molecule has 1 aliphatic carbocycles. The van der Waals surface area contributed by atoms with Gasteiger partial charge in [-0.2, -0.15) is 0 Å². The molecule has 4 aromatic carbocycles. The highest BCUT2D eigenvalue weighted by atomic mass is 35.5. The number of fused-ring (bicyclic) bond motifs is 2. The van der Waals surface area contributed by atoms with Crippen molar-refractivity contribution >= 4 is 52.0 Å². The van der Waals surface area contributed by atoms with Gasteiger partial charge in [0.25, 0.3) is 5.91 Å². The number of benzene rings is 4. The second-order valence-corrected chi connectivity index (χ2v) is 9.84.